The minimum atomic E-state index is -0.661. The Labute approximate surface area is 118 Å². The maximum atomic E-state index is 11.7. The topological polar surface area (TPSA) is 97.7 Å². The lowest BCUT2D eigenvalue weighted by atomic mass is 10.2. The highest BCUT2D eigenvalue weighted by molar-refractivity contribution is 6.32. The maximum absolute atomic E-state index is 11.7. The summed E-state index contributed by atoms with van der Waals surface area (Å²) in [5.74, 6) is -0.125. The first-order chi connectivity index (χ1) is 9.58. The molecule has 1 aromatic heterocycles. The highest BCUT2D eigenvalue weighted by Gasteiger charge is 2.15. The molecule has 2 rings (SSSR count). The van der Waals surface area contributed by atoms with Gasteiger partial charge in [-0.1, -0.05) is 11.6 Å². The maximum Gasteiger partial charge on any atom is 0.288 e. The van der Waals surface area contributed by atoms with Crippen molar-refractivity contribution in [1.29, 1.82) is 0 Å². The zero-order valence-electron chi connectivity index (χ0n) is 9.95. The van der Waals surface area contributed by atoms with Crippen LogP contribution in [0.15, 0.2) is 46.1 Å². The Kier molecular flexibility index (Phi) is 4.11. The number of rotatable bonds is 4. The second-order valence-corrected chi connectivity index (χ2v) is 4.05. The van der Waals surface area contributed by atoms with Gasteiger partial charge >= 0.3 is 0 Å². The standard InChI is InChI=1S/C12H8ClN3O4/c13-10-4-3-8(6-11(10)16(18)19)12(17)15-14-7-9-2-1-5-20-9/h1-7H,(H,15,17). The van der Waals surface area contributed by atoms with Gasteiger partial charge in [0.1, 0.15) is 10.8 Å². The summed E-state index contributed by atoms with van der Waals surface area (Å²) in [4.78, 5) is 21.8. The Bertz CT molecular complexity index is 667. The van der Waals surface area contributed by atoms with E-state index in [4.69, 9.17) is 16.0 Å². The van der Waals surface area contributed by atoms with Crippen LogP contribution in [-0.4, -0.2) is 17.0 Å². The molecule has 20 heavy (non-hydrogen) atoms. The van der Waals surface area contributed by atoms with Gasteiger partial charge in [0.25, 0.3) is 11.6 Å². The van der Waals surface area contributed by atoms with Crippen molar-refractivity contribution in [3.05, 3.63) is 63.1 Å². The van der Waals surface area contributed by atoms with Crippen LogP contribution in [0.3, 0.4) is 0 Å². The number of nitro benzene ring substituents is 1. The number of furan rings is 1. The first-order valence-electron chi connectivity index (χ1n) is 5.39. The summed E-state index contributed by atoms with van der Waals surface area (Å²) in [5.41, 5.74) is 1.97. The Morgan fingerprint density at radius 1 is 1.45 bits per heavy atom. The SMILES string of the molecule is O=C(NN=Cc1ccco1)c1ccc(Cl)c([N+](=O)[O-])c1. The summed E-state index contributed by atoms with van der Waals surface area (Å²) in [6.07, 6.45) is 2.77. The zero-order chi connectivity index (χ0) is 14.5. The smallest absolute Gasteiger partial charge is 0.288 e. The molecule has 0 atom stereocenters. The summed E-state index contributed by atoms with van der Waals surface area (Å²) in [6.45, 7) is 0. The highest BCUT2D eigenvalue weighted by Crippen LogP contribution is 2.24. The van der Waals surface area contributed by atoms with Crippen molar-refractivity contribution in [3.63, 3.8) is 0 Å². The number of nitrogens with one attached hydrogen (secondary N) is 1. The summed E-state index contributed by atoms with van der Waals surface area (Å²) >= 11 is 5.65. The van der Waals surface area contributed by atoms with Crippen molar-refractivity contribution in [2.45, 2.75) is 0 Å². The predicted molar refractivity (Wildman–Crippen MR) is 71.9 cm³/mol. The molecule has 0 saturated carbocycles. The Balaban J connectivity index is 2.09. The number of nitrogens with zero attached hydrogens (tertiary/aromatic N) is 2. The van der Waals surface area contributed by atoms with Crippen LogP contribution in [0.5, 0.6) is 0 Å². The van der Waals surface area contributed by atoms with Crippen LogP contribution in [0.25, 0.3) is 0 Å². The van der Waals surface area contributed by atoms with E-state index in [9.17, 15) is 14.9 Å². The zero-order valence-corrected chi connectivity index (χ0v) is 10.7. The normalized spacial score (nSPS) is 10.7. The van der Waals surface area contributed by atoms with Gasteiger partial charge in [0.15, 0.2) is 0 Å². The molecule has 1 N–H and O–H groups in total. The van der Waals surface area contributed by atoms with E-state index in [2.05, 4.69) is 10.5 Å². The second-order valence-electron chi connectivity index (χ2n) is 3.64. The Morgan fingerprint density at radius 3 is 2.90 bits per heavy atom. The lowest BCUT2D eigenvalue weighted by molar-refractivity contribution is -0.384. The molecule has 1 heterocycles. The van der Waals surface area contributed by atoms with Crippen LogP contribution in [0, 0.1) is 10.1 Å². The van der Waals surface area contributed by atoms with E-state index in [-0.39, 0.29) is 16.3 Å². The van der Waals surface area contributed by atoms with Gasteiger partial charge in [0, 0.05) is 11.6 Å². The average molecular weight is 294 g/mol. The molecule has 0 aliphatic heterocycles. The Morgan fingerprint density at radius 2 is 2.25 bits per heavy atom. The van der Waals surface area contributed by atoms with E-state index < -0.39 is 10.8 Å². The molecule has 0 saturated heterocycles. The molecule has 0 aliphatic carbocycles. The fraction of sp³-hybridized carbons (Fsp3) is 0. The van der Waals surface area contributed by atoms with Crippen molar-refractivity contribution in [2.75, 3.05) is 0 Å². The number of amides is 1. The van der Waals surface area contributed by atoms with Gasteiger partial charge in [-0.15, -0.1) is 0 Å². The second kappa shape index (κ2) is 5.98. The molecule has 102 valence electrons. The fourth-order valence-corrected chi connectivity index (χ4v) is 1.56. The van der Waals surface area contributed by atoms with Crippen LogP contribution >= 0.6 is 11.6 Å². The van der Waals surface area contributed by atoms with E-state index >= 15 is 0 Å². The summed E-state index contributed by atoms with van der Waals surface area (Å²) < 4.78 is 4.98. The van der Waals surface area contributed by atoms with Crippen molar-refractivity contribution in [2.24, 2.45) is 5.10 Å². The van der Waals surface area contributed by atoms with Crippen molar-refractivity contribution in [1.82, 2.24) is 5.43 Å². The number of carbonyl (C=O) groups excluding carboxylic acids is 1. The van der Waals surface area contributed by atoms with E-state index in [1.54, 1.807) is 12.1 Å². The van der Waals surface area contributed by atoms with Gasteiger partial charge in [0.2, 0.25) is 0 Å². The lowest BCUT2D eigenvalue weighted by Crippen LogP contribution is -2.17. The summed E-state index contributed by atoms with van der Waals surface area (Å²) in [6, 6.07) is 7.06. The summed E-state index contributed by atoms with van der Waals surface area (Å²) in [5, 5.41) is 14.3. The minimum Gasteiger partial charge on any atom is -0.463 e. The predicted octanol–water partition coefficient (Wildman–Crippen LogP) is 2.61. The van der Waals surface area contributed by atoms with Crippen molar-refractivity contribution < 1.29 is 14.1 Å². The van der Waals surface area contributed by atoms with Crippen molar-refractivity contribution in [3.8, 4) is 0 Å². The van der Waals surface area contributed by atoms with Gasteiger partial charge < -0.3 is 4.42 Å². The monoisotopic (exact) mass is 293 g/mol. The Hall–Kier alpha value is -2.67. The van der Waals surface area contributed by atoms with Crippen LogP contribution in [0.1, 0.15) is 16.1 Å². The molecular weight excluding hydrogens is 286 g/mol. The number of halogens is 1. The molecule has 0 radical (unpaired) electrons. The molecule has 7 nitrogen and oxygen atoms in total. The largest absolute Gasteiger partial charge is 0.463 e. The minimum absolute atomic E-state index is 0.0364. The van der Waals surface area contributed by atoms with Crippen LogP contribution in [-0.2, 0) is 0 Å². The molecule has 8 heteroatoms. The molecule has 0 unspecified atom stereocenters. The summed E-state index contributed by atoms with van der Waals surface area (Å²) in [7, 11) is 0. The van der Waals surface area contributed by atoms with Gasteiger partial charge in [0.05, 0.1) is 17.4 Å². The number of hydrogen-bond donors (Lipinski definition) is 1. The molecular formula is C12H8ClN3O4. The van der Waals surface area contributed by atoms with Crippen LogP contribution in [0.2, 0.25) is 5.02 Å². The molecule has 1 amide bonds. The van der Waals surface area contributed by atoms with Crippen LogP contribution < -0.4 is 5.43 Å². The van der Waals surface area contributed by atoms with Crippen molar-refractivity contribution >= 4 is 29.4 Å². The first-order valence-corrected chi connectivity index (χ1v) is 5.76. The van der Waals surface area contributed by atoms with E-state index in [1.807, 2.05) is 0 Å². The molecule has 0 spiro atoms. The number of hydrazone groups is 1. The third kappa shape index (κ3) is 3.21. The highest BCUT2D eigenvalue weighted by atomic mass is 35.5. The molecule has 1 aromatic carbocycles. The molecule has 0 bridgehead atoms. The molecule has 0 fully saturated rings. The molecule has 2 aromatic rings. The lowest BCUT2D eigenvalue weighted by Gasteiger charge is -2.00. The average Bonchev–Trinajstić information content (AvgIpc) is 2.92. The number of hydrogen-bond acceptors (Lipinski definition) is 5. The quantitative estimate of drug-likeness (QED) is 0.532. The molecule has 0 aliphatic rings. The number of benzene rings is 1. The van der Waals surface area contributed by atoms with Gasteiger partial charge in [-0.25, -0.2) is 5.43 Å². The van der Waals surface area contributed by atoms with Gasteiger partial charge in [-0.3, -0.25) is 14.9 Å². The van der Waals surface area contributed by atoms with Gasteiger partial charge in [-0.05, 0) is 24.3 Å². The van der Waals surface area contributed by atoms with E-state index in [0.29, 0.717) is 5.76 Å². The number of carbonyl (C=O) groups is 1. The van der Waals surface area contributed by atoms with Gasteiger partial charge in [-0.2, -0.15) is 5.10 Å². The van der Waals surface area contributed by atoms with Crippen LogP contribution in [0.4, 0.5) is 5.69 Å². The number of nitro groups is 1. The van der Waals surface area contributed by atoms with E-state index in [0.717, 1.165) is 6.07 Å². The fourth-order valence-electron chi connectivity index (χ4n) is 1.38. The third-order valence-corrected chi connectivity index (χ3v) is 2.63. The first kappa shape index (κ1) is 13.8. The van der Waals surface area contributed by atoms with E-state index in [1.165, 1.54) is 24.6 Å². The third-order valence-electron chi connectivity index (χ3n) is 2.31.